The Morgan fingerprint density at radius 3 is 1.81 bits per heavy atom. The van der Waals surface area contributed by atoms with Crippen LogP contribution in [0, 0.1) is 59.0 Å². The molecule has 42 heavy (non-hydrogen) atoms. The highest BCUT2D eigenvalue weighted by molar-refractivity contribution is 5.35. The number of allylic oxidation sites excluding steroid dienone is 2. The van der Waals surface area contributed by atoms with Crippen LogP contribution in [0.2, 0.25) is 0 Å². The second-order valence-corrected chi connectivity index (χ2v) is 12.6. The number of rotatable bonds is 9. The van der Waals surface area contributed by atoms with E-state index < -0.39 is 29.9 Å². The minimum Gasteiger partial charge on any atom is -0.490 e. The average molecular weight is 593 g/mol. The van der Waals surface area contributed by atoms with Crippen LogP contribution >= 0.6 is 0 Å². The van der Waals surface area contributed by atoms with Crippen LogP contribution in [0.5, 0.6) is 11.5 Å². The Hall–Kier alpha value is -2.16. The maximum atomic E-state index is 14.7. The first kappa shape index (κ1) is 34.3. The Morgan fingerprint density at radius 1 is 0.762 bits per heavy atom. The van der Waals surface area contributed by atoms with Crippen LogP contribution in [-0.4, -0.2) is 19.1 Å². The first-order valence-corrected chi connectivity index (χ1v) is 16.5. The van der Waals surface area contributed by atoms with Crippen molar-refractivity contribution < 1.29 is 27.0 Å². The van der Waals surface area contributed by atoms with Gasteiger partial charge in [-0.15, -0.1) is 0 Å². The molecule has 4 rings (SSSR count). The molecular formula is C36H52F4O2. The molecule has 0 bridgehead atoms. The van der Waals surface area contributed by atoms with Gasteiger partial charge in [0.1, 0.15) is 0 Å². The van der Waals surface area contributed by atoms with Crippen LogP contribution in [-0.2, 0) is 0 Å². The van der Waals surface area contributed by atoms with Crippen molar-refractivity contribution in [3.05, 3.63) is 35.9 Å². The van der Waals surface area contributed by atoms with Gasteiger partial charge in [-0.05, 0) is 120 Å². The minimum atomic E-state index is -3.10. The molecule has 3 aliphatic carbocycles. The summed E-state index contributed by atoms with van der Waals surface area (Å²) >= 11 is 0. The molecule has 3 saturated carbocycles. The largest absolute Gasteiger partial charge is 0.490 e. The average Bonchev–Trinajstić information content (AvgIpc) is 3.00. The van der Waals surface area contributed by atoms with Gasteiger partial charge < -0.3 is 9.47 Å². The SMILES string of the molecule is C/C=C/C1CCC(CC(F)(F)COc2ccc(OCC3CCC(C#CC4CCC(C)CC4)CC3)c(F)c2F)CC1.CC. The molecule has 0 aliphatic heterocycles. The number of hydrogen-bond acceptors (Lipinski definition) is 2. The molecule has 3 fully saturated rings. The molecule has 236 valence electrons. The second kappa shape index (κ2) is 17.2. The predicted molar refractivity (Wildman–Crippen MR) is 163 cm³/mol. The highest BCUT2D eigenvalue weighted by Crippen LogP contribution is 2.37. The third kappa shape index (κ3) is 10.8. The molecule has 0 aromatic heterocycles. The van der Waals surface area contributed by atoms with Gasteiger partial charge in [-0.2, -0.15) is 8.78 Å². The fraction of sp³-hybridized carbons (Fsp3) is 0.722. The van der Waals surface area contributed by atoms with Crippen molar-refractivity contribution in [2.24, 2.45) is 35.5 Å². The molecule has 0 unspecified atom stereocenters. The molecular weight excluding hydrogens is 540 g/mol. The molecule has 6 heteroatoms. The summed E-state index contributed by atoms with van der Waals surface area (Å²) in [5, 5.41) is 0. The molecule has 0 N–H and O–H groups in total. The third-order valence-electron chi connectivity index (χ3n) is 9.22. The summed E-state index contributed by atoms with van der Waals surface area (Å²) in [6.45, 7) is 7.62. The van der Waals surface area contributed by atoms with Gasteiger partial charge in [0.15, 0.2) is 18.1 Å². The smallest absolute Gasteiger partial charge is 0.281 e. The van der Waals surface area contributed by atoms with Gasteiger partial charge >= 0.3 is 0 Å². The van der Waals surface area contributed by atoms with E-state index in [1.165, 1.54) is 37.8 Å². The minimum absolute atomic E-state index is 0.0830. The fourth-order valence-corrected chi connectivity index (χ4v) is 6.58. The summed E-state index contributed by atoms with van der Waals surface area (Å²) in [5.74, 6) is 3.16. The lowest BCUT2D eigenvalue weighted by Crippen LogP contribution is -2.30. The lowest BCUT2D eigenvalue weighted by atomic mass is 9.79. The van der Waals surface area contributed by atoms with E-state index in [0.29, 0.717) is 24.4 Å². The lowest BCUT2D eigenvalue weighted by molar-refractivity contribution is -0.0644. The Labute approximate surface area is 252 Å². The summed E-state index contributed by atoms with van der Waals surface area (Å²) in [5.41, 5.74) is 0. The van der Waals surface area contributed by atoms with Crippen LogP contribution in [0.3, 0.4) is 0 Å². The lowest BCUT2D eigenvalue weighted by Gasteiger charge is -2.29. The van der Waals surface area contributed by atoms with E-state index in [9.17, 15) is 17.6 Å². The van der Waals surface area contributed by atoms with Crippen molar-refractivity contribution in [3.8, 4) is 23.3 Å². The summed E-state index contributed by atoms with van der Waals surface area (Å²) in [6.07, 6.45) is 16.0. The van der Waals surface area contributed by atoms with Gasteiger partial charge in [0, 0.05) is 18.3 Å². The zero-order chi connectivity index (χ0) is 30.5. The van der Waals surface area contributed by atoms with Crippen LogP contribution in [0.15, 0.2) is 24.3 Å². The van der Waals surface area contributed by atoms with Crippen LogP contribution in [0.25, 0.3) is 0 Å². The Kier molecular flexibility index (Phi) is 14.1. The first-order valence-electron chi connectivity index (χ1n) is 16.5. The third-order valence-corrected chi connectivity index (χ3v) is 9.22. The predicted octanol–water partition coefficient (Wildman–Crippen LogP) is 10.8. The van der Waals surface area contributed by atoms with Crippen molar-refractivity contribution >= 4 is 0 Å². The summed E-state index contributed by atoms with van der Waals surface area (Å²) in [7, 11) is 0. The first-order chi connectivity index (χ1) is 20.2. The maximum Gasteiger partial charge on any atom is 0.281 e. The summed E-state index contributed by atoms with van der Waals surface area (Å²) < 4.78 is 69.2. The number of halogens is 4. The van der Waals surface area contributed by atoms with E-state index >= 15 is 0 Å². The van der Waals surface area contributed by atoms with Gasteiger partial charge in [0.05, 0.1) is 6.61 Å². The highest BCUT2D eigenvalue weighted by atomic mass is 19.3. The second-order valence-electron chi connectivity index (χ2n) is 12.6. The zero-order valence-electron chi connectivity index (χ0n) is 26.2. The highest BCUT2D eigenvalue weighted by Gasteiger charge is 2.35. The molecule has 0 heterocycles. The molecule has 0 atom stereocenters. The topological polar surface area (TPSA) is 18.5 Å². The molecule has 0 radical (unpaired) electrons. The quantitative estimate of drug-likeness (QED) is 0.161. The van der Waals surface area contributed by atoms with E-state index in [1.54, 1.807) is 0 Å². The van der Waals surface area contributed by atoms with E-state index in [1.807, 2.05) is 26.8 Å². The number of alkyl halides is 2. The van der Waals surface area contributed by atoms with Gasteiger partial charge in [0.25, 0.3) is 5.92 Å². The summed E-state index contributed by atoms with van der Waals surface area (Å²) in [4.78, 5) is 0. The Bertz CT molecular complexity index is 1020. The molecule has 0 amide bonds. The van der Waals surface area contributed by atoms with E-state index in [0.717, 1.165) is 57.3 Å². The van der Waals surface area contributed by atoms with E-state index in [-0.39, 0.29) is 24.0 Å². The van der Waals surface area contributed by atoms with Gasteiger partial charge in [-0.1, -0.05) is 44.8 Å². The molecule has 3 aliphatic rings. The van der Waals surface area contributed by atoms with Crippen LogP contribution in [0.4, 0.5) is 17.6 Å². The number of benzene rings is 1. The van der Waals surface area contributed by atoms with Crippen molar-refractivity contribution in [2.75, 3.05) is 13.2 Å². The monoisotopic (exact) mass is 592 g/mol. The maximum absolute atomic E-state index is 14.7. The Balaban J connectivity index is 0.00000237. The van der Waals surface area contributed by atoms with Crippen molar-refractivity contribution in [1.82, 2.24) is 0 Å². The van der Waals surface area contributed by atoms with E-state index in [2.05, 4.69) is 24.8 Å². The van der Waals surface area contributed by atoms with Gasteiger partial charge in [0.2, 0.25) is 11.6 Å². The van der Waals surface area contributed by atoms with Crippen molar-refractivity contribution in [1.29, 1.82) is 0 Å². The normalized spacial score (nSPS) is 28.3. The molecule has 2 nitrogen and oxygen atoms in total. The van der Waals surface area contributed by atoms with Crippen molar-refractivity contribution in [2.45, 2.75) is 117 Å². The standard InChI is InChI=1S/C34H46F4O2.C2H6/c1-3-4-25-11-15-28(16-12-25)21-34(37,38)23-40-31-20-19-30(32(35)33(31)36)39-22-29-17-13-27(14-18-29)10-9-26-7-5-24(2)6-8-26;1-2/h3-4,19-20,24-29H,5-8,11-18,21-23H2,1-2H3;1-2H3/b4-3+;. The zero-order valence-corrected chi connectivity index (χ0v) is 26.2. The molecule has 1 aromatic carbocycles. The van der Waals surface area contributed by atoms with Gasteiger partial charge in [-0.3, -0.25) is 0 Å². The van der Waals surface area contributed by atoms with E-state index in [4.69, 9.17) is 9.47 Å². The molecule has 0 spiro atoms. The van der Waals surface area contributed by atoms with Gasteiger partial charge in [-0.25, -0.2) is 8.78 Å². The molecule has 0 saturated heterocycles. The van der Waals surface area contributed by atoms with Crippen LogP contribution < -0.4 is 9.47 Å². The van der Waals surface area contributed by atoms with Crippen molar-refractivity contribution in [3.63, 3.8) is 0 Å². The summed E-state index contributed by atoms with van der Waals surface area (Å²) in [6, 6.07) is 2.46. The number of ether oxygens (including phenoxy) is 2. The van der Waals surface area contributed by atoms with Crippen LogP contribution in [0.1, 0.15) is 111 Å². The fourth-order valence-electron chi connectivity index (χ4n) is 6.58. The Morgan fingerprint density at radius 2 is 1.26 bits per heavy atom. The number of hydrogen-bond donors (Lipinski definition) is 0. The molecule has 1 aromatic rings.